The summed E-state index contributed by atoms with van der Waals surface area (Å²) in [6.07, 6.45) is -5.49. The topological polar surface area (TPSA) is 103 Å². The highest BCUT2D eigenvalue weighted by Gasteiger charge is 2.62. The normalized spacial score (nSPS) is 11.8. The summed E-state index contributed by atoms with van der Waals surface area (Å²) in [6.45, 7) is 4.38. The molecule has 184 valence electrons. The highest BCUT2D eigenvalue weighted by atomic mass is 19.4. The van der Waals surface area contributed by atoms with Gasteiger partial charge in [-0.2, -0.15) is 32.2 Å². The molecule has 0 radical (unpaired) electrons. The summed E-state index contributed by atoms with van der Waals surface area (Å²) < 4.78 is 79.3. The van der Waals surface area contributed by atoms with Crippen LogP contribution in [0.5, 0.6) is 17.4 Å². The quantitative estimate of drug-likeness (QED) is 0.469. The van der Waals surface area contributed by atoms with Gasteiger partial charge in [-0.1, -0.05) is 0 Å². The first-order valence-electron chi connectivity index (χ1n) is 9.90. The molecule has 0 saturated heterocycles. The van der Waals surface area contributed by atoms with E-state index in [1.54, 1.807) is 20.8 Å². The molecule has 0 amide bonds. The lowest BCUT2D eigenvalue weighted by Gasteiger charge is -2.22. The largest absolute Gasteiger partial charge is 0.481 e. The van der Waals surface area contributed by atoms with E-state index in [0.717, 1.165) is 10.6 Å². The fraction of sp³-hybridized carbons (Fsp3) is 0.318. The Bertz CT molecular complexity index is 1380. The van der Waals surface area contributed by atoms with Crippen molar-refractivity contribution in [3.63, 3.8) is 0 Å². The van der Waals surface area contributed by atoms with Gasteiger partial charge in [0, 0.05) is 5.69 Å². The third kappa shape index (κ3) is 5.06. The Morgan fingerprint density at radius 1 is 1.09 bits per heavy atom. The van der Waals surface area contributed by atoms with E-state index >= 15 is 0 Å². The first kappa shape index (κ1) is 25.5. The average Bonchev–Trinajstić information content (AvgIpc) is 2.76. The second kappa shape index (κ2) is 9.28. The Morgan fingerprint density at radius 2 is 1.77 bits per heavy atom. The number of alkyl halides is 5. The number of benzene rings is 1. The zero-order valence-corrected chi connectivity index (χ0v) is 18.9. The van der Waals surface area contributed by atoms with Crippen molar-refractivity contribution in [2.45, 2.75) is 39.4 Å². The predicted molar refractivity (Wildman–Crippen MR) is 112 cm³/mol. The van der Waals surface area contributed by atoms with Crippen molar-refractivity contribution in [1.82, 2.24) is 19.5 Å². The van der Waals surface area contributed by atoms with Crippen molar-refractivity contribution in [1.29, 1.82) is 5.26 Å². The zero-order valence-electron chi connectivity index (χ0n) is 18.9. The first-order chi connectivity index (χ1) is 16.3. The number of hydrogen-bond acceptors (Lipinski definition) is 7. The minimum absolute atomic E-state index is 0.0468. The summed E-state index contributed by atoms with van der Waals surface area (Å²) in [5, 5.41) is 9.12. The van der Waals surface area contributed by atoms with Crippen molar-refractivity contribution in [3.05, 3.63) is 68.8 Å². The maximum Gasteiger partial charge on any atom is 0.459 e. The van der Waals surface area contributed by atoms with Crippen LogP contribution in [0.25, 0.3) is 0 Å². The molecule has 2 heterocycles. The number of halogens is 5. The van der Waals surface area contributed by atoms with E-state index < -0.39 is 29.1 Å². The molecule has 3 rings (SSSR count). The van der Waals surface area contributed by atoms with E-state index in [1.807, 2.05) is 6.07 Å². The van der Waals surface area contributed by atoms with E-state index in [0.29, 0.717) is 23.4 Å². The maximum absolute atomic E-state index is 14.3. The number of rotatable bonds is 6. The number of aromatic nitrogens is 4. The van der Waals surface area contributed by atoms with Crippen LogP contribution in [0, 0.1) is 32.1 Å². The SMILES string of the molecule is COc1nc(C)nc(C)c1Cn1cnc(C(F)(F)C(F)(F)F)c(Oc2cc(C)cc(C#N)c2)c1=O. The Hall–Kier alpha value is -4.08. The molecule has 0 saturated carbocycles. The third-order valence-corrected chi connectivity index (χ3v) is 4.86. The van der Waals surface area contributed by atoms with Crippen molar-refractivity contribution >= 4 is 0 Å². The number of nitrogens with zero attached hydrogens (tertiary/aromatic N) is 5. The summed E-state index contributed by atoms with van der Waals surface area (Å²) in [5.74, 6) is -6.67. The number of aryl methyl sites for hydroxylation is 3. The van der Waals surface area contributed by atoms with Crippen molar-refractivity contribution in [2.24, 2.45) is 0 Å². The molecule has 0 N–H and O–H groups in total. The molecule has 0 atom stereocenters. The Balaban J connectivity index is 2.22. The number of methoxy groups -OCH3 is 1. The van der Waals surface area contributed by atoms with Crippen molar-refractivity contribution in [3.8, 4) is 23.4 Å². The van der Waals surface area contributed by atoms with Crippen LogP contribution in [0.2, 0.25) is 0 Å². The Kier molecular flexibility index (Phi) is 6.77. The Morgan fingerprint density at radius 3 is 2.37 bits per heavy atom. The minimum Gasteiger partial charge on any atom is -0.481 e. The molecular weight excluding hydrogens is 477 g/mol. The maximum atomic E-state index is 14.3. The van der Waals surface area contributed by atoms with Crippen LogP contribution in [-0.2, 0) is 12.5 Å². The highest BCUT2D eigenvalue weighted by molar-refractivity contribution is 5.43. The zero-order chi connectivity index (χ0) is 26.1. The van der Waals surface area contributed by atoms with Crippen molar-refractivity contribution < 1.29 is 31.4 Å². The van der Waals surface area contributed by atoms with Gasteiger partial charge in [-0.25, -0.2) is 9.97 Å². The van der Waals surface area contributed by atoms with Gasteiger partial charge < -0.3 is 9.47 Å². The van der Waals surface area contributed by atoms with Gasteiger partial charge in [-0.05, 0) is 44.5 Å². The van der Waals surface area contributed by atoms with Gasteiger partial charge in [-0.15, -0.1) is 0 Å². The molecule has 35 heavy (non-hydrogen) atoms. The van der Waals surface area contributed by atoms with Gasteiger partial charge in [0.1, 0.15) is 11.6 Å². The second-order valence-electron chi connectivity index (χ2n) is 7.52. The van der Waals surface area contributed by atoms with E-state index in [9.17, 15) is 26.7 Å². The number of hydrogen-bond donors (Lipinski definition) is 0. The molecule has 0 bridgehead atoms. The summed E-state index contributed by atoms with van der Waals surface area (Å²) in [7, 11) is 1.32. The smallest absolute Gasteiger partial charge is 0.459 e. The van der Waals surface area contributed by atoms with Gasteiger partial charge >= 0.3 is 12.1 Å². The third-order valence-electron chi connectivity index (χ3n) is 4.86. The first-order valence-corrected chi connectivity index (χ1v) is 9.90. The molecule has 13 heteroatoms. The second-order valence-corrected chi connectivity index (χ2v) is 7.52. The fourth-order valence-corrected chi connectivity index (χ4v) is 3.25. The summed E-state index contributed by atoms with van der Waals surface area (Å²) in [6, 6.07) is 5.62. The van der Waals surface area contributed by atoms with Crippen LogP contribution in [0.1, 0.15) is 33.9 Å². The average molecular weight is 495 g/mol. The van der Waals surface area contributed by atoms with Gasteiger partial charge in [0.25, 0.3) is 5.56 Å². The molecule has 0 aliphatic rings. The lowest BCUT2D eigenvalue weighted by molar-refractivity contribution is -0.291. The molecule has 3 aromatic rings. The lowest BCUT2D eigenvalue weighted by Crippen LogP contribution is -2.37. The minimum atomic E-state index is -6.05. The molecular formula is C22H18F5N5O3. The summed E-state index contributed by atoms with van der Waals surface area (Å²) in [4.78, 5) is 24.6. The van der Waals surface area contributed by atoms with E-state index in [2.05, 4.69) is 15.0 Å². The standard InChI is InChI=1S/C22H18F5N5O3/c1-11-5-14(8-28)7-15(6-11)35-17-18(21(23,24)22(25,26)27)29-10-32(20(17)33)9-16-12(2)30-13(3)31-19(16)34-4/h5-7,10H,9H2,1-4H3. The molecule has 8 nitrogen and oxygen atoms in total. The molecule has 0 aliphatic heterocycles. The van der Waals surface area contributed by atoms with Crippen LogP contribution in [0.15, 0.2) is 29.3 Å². The van der Waals surface area contributed by atoms with Crippen LogP contribution in [0.3, 0.4) is 0 Å². The van der Waals surface area contributed by atoms with E-state index in [1.165, 1.54) is 19.2 Å². The molecule has 2 aromatic heterocycles. The molecule has 0 fully saturated rings. The van der Waals surface area contributed by atoms with Gasteiger partial charge in [0.15, 0.2) is 5.69 Å². The van der Waals surface area contributed by atoms with Crippen LogP contribution in [-0.4, -0.2) is 32.8 Å². The van der Waals surface area contributed by atoms with Crippen LogP contribution in [0.4, 0.5) is 22.0 Å². The van der Waals surface area contributed by atoms with Gasteiger partial charge in [0.2, 0.25) is 11.6 Å². The lowest BCUT2D eigenvalue weighted by atomic mass is 10.1. The summed E-state index contributed by atoms with van der Waals surface area (Å²) >= 11 is 0. The monoisotopic (exact) mass is 495 g/mol. The van der Waals surface area contributed by atoms with Crippen molar-refractivity contribution in [2.75, 3.05) is 7.11 Å². The van der Waals surface area contributed by atoms with Crippen LogP contribution < -0.4 is 15.0 Å². The molecule has 1 aromatic carbocycles. The van der Waals surface area contributed by atoms with Gasteiger partial charge in [0.05, 0.1) is 37.2 Å². The molecule has 0 unspecified atom stereocenters. The number of ether oxygens (including phenoxy) is 2. The number of nitriles is 1. The predicted octanol–water partition coefficient (Wildman–Crippen LogP) is 4.33. The van der Waals surface area contributed by atoms with Crippen LogP contribution >= 0.6 is 0 Å². The molecule has 0 spiro atoms. The van der Waals surface area contributed by atoms with E-state index in [-0.39, 0.29) is 29.3 Å². The summed E-state index contributed by atoms with van der Waals surface area (Å²) in [5.41, 5.74) is -2.05. The molecule has 0 aliphatic carbocycles. The van der Waals surface area contributed by atoms with E-state index in [4.69, 9.17) is 14.7 Å². The Labute approximate surface area is 195 Å². The fourth-order valence-electron chi connectivity index (χ4n) is 3.25. The highest BCUT2D eigenvalue weighted by Crippen LogP contribution is 2.46. The van der Waals surface area contributed by atoms with Gasteiger partial charge in [-0.3, -0.25) is 9.36 Å².